The molecule has 0 aromatic carbocycles. The lowest BCUT2D eigenvalue weighted by Gasteiger charge is -2.51. The predicted octanol–water partition coefficient (Wildman–Crippen LogP) is 4.19. The Morgan fingerprint density at radius 1 is 1.23 bits per heavy atom. The Labute approximate surface area is 156 Å². The van der Waals surface area contributed by atoms with Crippen molar-refractivity contribution in [1.29, 1.82) is 0 Å². The van der Waals surface area contributed by atoms with Crippen LogP contribution in [-0.2, 0) is 19.1 Å². The summed E-state index contributed by atoms with van der Waals surface area (Å²) in [5.41, 5.74) is 0.619. The molecule has 26 heavy (non-hydrogen) atoms. The summed E-state index contributed by atoms with van der Waals surface area (Å²) in [5, 5.41) is 0. The first kappa shape index (κ1) is 19.1. The number of esters is 1. The molecule has 0 unspecified atom stereocenters. The number of ketones is 2. The number of allylic oxidation sites excluding steroid dienone is 2. The Balaban J connectivity index is 2.08. The molecule has 0 aromatic rings. The largest absolute Gasteiger partial charge is 0.458 e. The van der Waals surface area contributed by atoms with E-state index in [0.717, 1.165) is 19.3 Å². The van der Waals surface area contributed by atoms with Crippen LogP contribution in [0.2, 0.25) is 0 Å². The van der Waals surface area contributed by atoms with E-state index in [4.69, 9.17) is 4.74 Å². The SMILES string of the molecule is C=C1C(=O)C2=C[C@H]1CCC(=O)[C@]1(C)CCCC(C)(C)[C@H]1C[C@H]2OC(C)=O. The van der Waals surface area contributed by atoms with Crippen molar-refractivity contribution in [2.24, 2.45) is 22.7 Å². The molecule has 4 nitrogen and oxygen atoms in total. The Morgan fingerprint density at radius 3 is 2.58 bits per heavy atom. The van der Waals surface area contributed by atoms with Gasteiger partial charge in [0.2, 0.25) is 0 Å². The maximum Gasteiger partial charge on any atom is 0.303 e. The van der Waals surface area contributed by atoms with Crippen LogP contribution in [0.25, 0.3) is 0 Å². The molecule has 3 aliphatic rings. The quantitative estimate of drug-likeness (QED) is 0.521. The van der Waals surface area contributed by atoms with E-state index in [1.165, 1.54) is 6.92 Å². The molecule has 0 heterocycles. The summed E-state index contributed by atoms with van der Waals surface area (Å²) in [6.07, 6.45) is 5.85. The Hall–Kier alpha value is -1.71. The highest BCUT2D eigenvalue weighted by molar-refractivity contribution is 6.12. The summed E-state index contributed by atoms with van der Waals surface area (Å²) in [5.74, 6) is -0.265. The summed E-state index contributed by atoms with van der Waals surface area (Å²) >= 11 is 0. The van der Waals surface area contributed by atoms with Gasteiger partial charge in [0.15, 0.2) is 5.78 Å². The van der Waals surface area contributed by atoms with Crippen LogP contribution in [0.15, 0.2) is 23.8 Å². The smallest absolute Gasteiger partial charge is 0.303 e. The van der Waals surface area contributed by atoms with Gasteiger partial charge >= 0.3 is 5.97 Å². The summed E-state index contributed by atoms with van der Waals surface area (Å²) in [4.78, 5) is 37.7. The van der Waals surface area contributed by atoms with Gasteiger partial charge in [-0.1, -0.05) is 39.8 Å². The van der Waals surface area contributed by atoms with Crippen LogP contribution in [0.4, 0.5) is 0 Å². The fraction of sp³-hybridized carbons (Fsp3) is 0.682. The first-order valence-corrected chi connectivity index (χ1v) is 9.72. The van der Waals surface area contributed by atoms with E-state index in [2.05, 4.69) is 27.4 Å². The zero-order valence-electron chi connectivity index (χ0n) is 16.4. The van der Waals surface area contributed by atoms with Crippen molar-refractivity contribution in [3.8, 4) is 0 Å². The van der Waals surface area contributed by atoms with E-state index in [9.17, 15) is 14.4 Å². The molecule has 4 atom stereocenters. The Kier molecular flexibility index (Phi) is 4.74. The van der Waals surface area contributed by atoms with Crippen LogP contribution < -0.4 is 0 Å². The minimum absolute atomic E-state index is 0.0428. The third-order valence-corrected chi connectivity index (χ3v) is 7.04. The maximum absolute atomic E-state index is 13.2. The molecule has 0 N–H and O–H groups in total. The van der Waals surface area contributed by atoms with Gasteiger partial charge < -0.3 is 4.74 Å². The number of hydrogen-bond donors (Lipinski definition) is 0. The normalized spacial score (nSPS) is 37.0. The van der Waals surface area contributed by atoms with Gasteiger partial charge in [0.25, 0.3) is 0 Å². The van der Waals surface area contributed by atoms with E-state index in [-0.39, 0.29) is 28.8 Å². The molecule has 0 amide bonds. The van der Waals surface area contributed by atoms with Crippen molar-refractivity contribution in [2.45, 2.75) is 72.3 Å². The Bertz CT molecular complexity index is 699. The standard InChI is InChI=1S/C22H30O4/c1-13-15-7-8-19(24)22(5)10-6-9-21(3,4)18(22)12-17(26-14(2)23)16(11-15)20(13)25/h11,15,17-18H,1,6-10,12H2,2-5H3/t15-,17-,18-,22-/m1/s1. The lowest BCUT2D eigenvalue weighted by Crippen LogP contribution is -2.49. The second kappa shape index (κ2) is 6.47. The number of ether oxygens (including phenoxy) is 1. The number of carbonyl (C=O) groups is 3. The number of carbonyl (C=O) groups excluding carboxylic acids is 3. The molecule has 142 valence electrons. The van der Waals surface area contributed by atoms with E-state index in [1.807, 2.05) is 6.08 Å². The molecule has 1 saturated carbocycles. The molecule has 2 bridgehead atoms. The van der Waals surface area contributed by atoms with Gasteiger partial charge in [0.05, 0.1) is 0 Å². The predicted molar refractivity (Wildman–Crippen MR) is 99.4 cm³/mol. The fourth-order valence-electron chi connectivity index (χ4n) is 5.52. The van der Waals surface area contributed by atoms with Crippen LogP contribution >= 0.6 is 0 Å². The van der Waals surface area contributed by atoms with E-state index in [1.54, 1.807) is 0 Å². The monoisotopic (exact) mass is 358 g/mol. The summed E-state index contributed by atoms with van der Waals surface area (Å²) in [6.45, 7) is 11.8. The highest BCUT2D eigenvalue weighted by Gasteiger charge is 2.52. The van der Waals surface area contributed by atoms with Gasteiger partial charge in [-0.3, -0.25) is 14.4 Å². The molecule has 0 radical (unpaired) electrons. The summed E-state index contributed by atoms with van der Waals surface area (Å²) in [7, 11) is 0. The topological polar surface area (TPSA) is 60.4 Å². The number of Topliss-reactive ketones (excluding diaryl/α,β-unsaturated/α-hetero) is 2. The van der Waals surface area contributed by atoms with Crippen molar-refractivity contribution in [3.63, 3.8) is 0 Å². The van der Waals surface area contributed by atoms with Gasteiger partial charge in [0, 0.05) is 30.3 Å². The molecule has 1 fully saturated rings. The average molecular weight is 358 g/mol. The molecule has 3 aliphatic carbocycles. The molecule has 0 aliphatic heterocycles. The first-order valence-electron chi connectivity index (χ1n) is 9.72. The van der Waals surface area contributed by atoms with Crippen LogP contribution in [0.1, 0.15) is 66.2 Å². The van der Waals surface area contributed by atoms with Crippen molar-refractivity contribution in [3.05, 3.63) is 23.8 Å². The lowest BCUT2D eigenvalue weighted by molar-refractivity contribution is -0.149. The minimum Gasteiger partial charge on any atom is -0.458 e. The van der Waals surface area contributed by atoms with Crippen LogP contribution in [0.3, 0.4) is 0 Å². The molecule has 0 saturated heterocycles. The van der Waals surface area contributed by atoms with Crippen molar-refractivity contribution in [1.82, 2.24) is 0 Å². The van der Waals surface area contributed by atoms with E-state index < -0.39 is 17.5 Å². The lowest BCUT2D eigenvalue weighted by atomic mass is 9.53. The third-order valence-electron chi connectivity index (χ3n) is 7.04. The van der Waals surface area contributed by atoms with Crippen molar-refractivity contribution >= 4 is 17.5 Å². The molecule has 3 rings (SSSR count). The third kappa shape index (κ3) is 3.08. The molecule has 0 spiro atoms. The van der Waals surface area contributed by atoms with Gasteiger partial charge in [-0.25, -0.2) is 0 Å². The number of hydrogen-bond acceptors (Lipinski definition) is 4. The van der Waals surface area contributed by atoms with Crippen LogP contribution in [0.5, 0.6) is 0 Å². The second-order valence-corrected chi connectivity index (χ2v) is 9.19. The first-order chi connectivity index (χ1) is 12.1. The molecule has 0 aromatic heterocycles. The minimum atomic E-state index is -0.589. The fourth-order valence-corrected chi connectivity index (χ4v) is 5.52. The van der Waals surface area contributed by atoms with Gasteiger partial charge in [-0.05, 0) is 42.6 Å². The van der Waals surface area contributed by atoms with E-state index >= 15 is 0 Å². The van der Waals surface area contributed by atoms with E-state index in [0.29, 0.717) is 30.4 Å². The molecule has 4 heteroatoms. The van der Waals surface area contributed by atoms with Crippen molar-refractivity contribution in [2.75, 3.05) is 0 Å². The molecular formula is C22H30O4. The summed E-state index contributed by atoms with van der Waals surface area (Å²) in [6, 6.07) is 0. The zero-order chi connectivity index (χ0) is 19.3. The second-order valence-electron chi connectivity index (χ2n) is 9.19. The number of fused-ring (bicyclic) bond motifs is 2. The van der Waals surface area contributed by atoms with Crippen molar-refractivity contribution < 1.29 is 19.1 Å². The van der Waals surface area contributed by atoms with Gasteiger partial charge in [-0.2, -0.15) is 0 Å². The highest BCUT2D eigenvalue weighted by Crippen LogP contribution is 2.55. The number of rotatable bonds is 1. The average Bonchev–Trinajstić information content (AvgIpc) is 2.81. The summed E-state index contributed by atoms with van der Waals surface area (Å²) < 4.78 is 5.61. The van der Waals surface area contributed by atoms with Gasteiger partial charge in [0.1, 0.15) is 11.9 Å². The highest BCUT2D eigenvalue weighted by atomic mass is 16.5. The van der Waals surface area contributed by atoms with Crippen LogP contribution in [-0.4, -0.2) is 23.6 Å². The molecular weight excluding hydrogens is 328 g/mol. The Morgan fingerprint density at radius 2 is 1.92 bits per heavy atom. The van der Waals surface area contributed by atoms with Crippen LogP contribution in [0, 0.1) is 22.7 Å². The maximum atomic E-state index is 13.2. The zero-order valence-corrected chi connectivity index (χ0v) is 16.4. The van der Waals surface area contributed by atoms with Gasteiger partial charge in [-0.15, -0.1) is 0 Å².